The number of para-hydroxylation sites is 2. The van der Waals surface area contributed by atoms with Gasteiger partial charge in [0.15, 0.2) is 0 Å². The first-order chi connectivity index (χ1) is 7.77. The van der Waals surface area contributed by atoms with Crippen molar-refractivity contribution in [1.29, 1.82) is 0 Å². The fraction of sp³-hybridized carbons (Fsp3) is 0. The van der Waals surface area contributed by atoms with E-state index in [1.165, 1.54) is 0 Å². The summed E-state index contributed by atoms with van der Waals surface area (Å²) in [6.07, 6.45) is 0. The molecule has 2 aromatic carbocycles. The molecule has 0 atom stereocenters. The van der Waals surface area contributed by atoms with Crippen molar-refractivity contribution in [2.45, 2.75) is 0 Å². The van der Waals surface area contributed by atoms with Crippen LogP contribution in [0, 0.1) is 0 Å². The van der Waals surface area contributed by atoms with Crippen molar-refractivity contribution in [3.63, 3.8) is 0 Å². The van der Waals surface area contributed by atoms with Crippen LogP contribution in [0.5, 0.6) is 11.5 Å². The van der Waals surface area contributed by atoms with Gasteiger partial charge in [0.25, 0.3) is 0 Å². The Bertz CT molecular complexity index is 494. The summed E-state index contributed by atoms with van der Waals surface area (Å²) in [4.78, 5) is 0. The first kappa shape index (κ1) is 10.6. The second-order valence-corrected chi connectivity index (χ2v) is 3.59. The van der Waals surface area contributed by atoms with Crippen LogP contribution in [0.25, 0.3) is 0 Å². The van der Waals surface area contributed by atoms with Crippen LogP contribution in [0.4, 0.5) is 0 Å². The monoisotopic (exact) mass is 230 g/mol. The molecule has 80 valence electrons. The lowest BCUT2D eigenvalue weighted by Crippen LogP contribution is -2.06. The van der Waals surface area contributed by atoms with Crippen LogP contribution >= 0.6 is 12.2 Å². The summed E-state index contributed by atoms with van der Waals surface area (Å²) in [7, 11) is 0. The zero-order valence-corrected chi connectivity index (χ0v) is 9.28. The number of aromatic hydroxyl groups is 1. The highest BCUT2D eigenvalue weighted by Crippen LogP contribution is 2.19. The Morgan fingerprint density at radius 2 is 1.56 bits per heavy atom. The van der Waals surface area contributed by atoms with Gasteiger partial charge in [-0.2, -0.15) is 0 Å². The van der Waals surface area contributed by atoms with Crippen molar-refractivity contribution >= 4 is 17.3 Å². The van der Waals surface area contributed by atoms with Crippen molar-refractivity contribution in [2.75, 3.05) is 0 Å². The van der Waals surface area contributed by atoms with Crippen LogP contribution in [-0.2, 0) is 0 Å². The number of phenols is 1. The maximum Gasteiger partial charge on any atom is 0.201 e. The summed E-state index contributed by atoms with van der Waals surface area (Å²) in [5, 5.41) is 9.86. The van der Waals surface area contributed by atoms with Crippen molar-refractivity contribution in [1.82, 2.24) is 0 Å². The highest BCUT2D eigenvalue weighted by atomic mass is 32.1. The fourth-order valence-electron chi connectivity index (χ4n) is 1.30. The third kappa shape index (κ3) is 2.38. The van der Waals surface area contributed by atoms with Gasteiger partial charge >= 0.3 is 0 Å². The minimum absolute atomic E-state index is 0.128. The normalized spacial score (nSPS) is 9.75. The summed E-state index contributed by atoms with van der Waals surface area (Å²) in [5.74, 6) is 0.791. The third-order valence-electron chi connectivity index (χ3n) is 2.08. The van der Waals surface area contributed by atoms with Crippen molar-refractivity contribution in [3.05, 3.63) is 60.2 Å². The number of benzene rings is 2. The van der Waals surface area contributed by atoms with Gasteiger partial charge in [-0.05, 0) is 36.5 Å². The summed E-state index contributed by atoms with van der Waals surface area (Å²) < 4.78 is 5.45. The fourth-order valence-corrected chi connectivity index (χ4v) is 1.57. The maximum atomic E-state index is 9.59. The lowest BCUT2D eigenvalue weighted by molar-refractivity contribution is 0.470. The van der Waals surface area contributed by atoms with Crippen LogP contribution in [0.1, 0.15) is 5.56 Å². The molecule has 0 aliphatic rings. The molecular formula is C13H10O2S. The van der Waals surface area contributed by atoms with Gasteiger partial charge in [0, 0.05) is 0 Å². The minimum atomic E-state index is 0.128. The zero-order valence-electron chi connectivity index (χ0n) is 8.46. The van der Waals surface area contributed by atoms with E-state index < -0.39 is 0 Å². The second-order valence-electron chi connectivity index (χ2n) is 3.22. The predicted octanol–water partition coefficient (Wildman–Crippen LogP) is 3.15. The number of ether oxygens (including phenoxy) is 1. The molecule has 3 heteroatoms. The molecule has 0 unspecified atom stereocenters. The first-order valence-electron chi connectivity index (χ1n) is 4.82. The summed E-state index contributed by atoms with van der Waals surface area (Å²) >= 11 is 5.11. The zero-order chi connectivity index (χ0) is 11.4. The van der Waals surface area contributed by atoms with Crippen molar-refractivity contribution in [3.8, 4) is 11.5 Å². The van der Waals surface area contributed by atoms with E-state index in [2.05, 4.69) is 0 Å². The van der Waals surface area contributed by atoms with Gasteiger partial charge < -0.3 is 9.84 Å². The van der Waals surface area contributed by atoms with E-state index in [4.69, 9.17) is 17.0 Å². The summed E-state index contributed by atoms with van der Waals surface area (Å²) in [6.45, 7) is 0. The molecule has 0 saturated heterocycles. The van der Waals surface area contributed by atoms with Crippen molar-refractivity contribution < 1.29 is 9.84 Å². The third-order valence-corrected chi connectivity index (χ3v) is 2.38. The van der Waals surface area contributed by atoms with E-state index in [1.54, 1.807) is 24.3 Å². The highest BCUT2D eigenvalue weighted by molar-refractivity contribution is 7.80. The van der Waals surface area contributed by atoms with Gasteiger partial charge in [-0.25, -0.2) is 0 Å². The van der Waals surface area contributed by atoms with E-state index >= 15 is 0 Å². The molecule has 0 aromatic heterocycles. The largest absolute Gasteiger partial charge is 0.507 e. The first-order valence-corrected chi connectivity index (χ1v) is 5.23. The SMILES string of the molecule is Oc1ccccc1C(=S)Oc1ccccc1. The molecule has 0 heterocycles. The number of hydrogen-bond donors (Lipinski definition) is 1. The van der Waals surface area contributed by atoms with Gasteiger partial charge in [0.05, 0.1) is 5.56 Å². The number of thiocarbonyl (C=S) groups is 1. The molecule has 2 rings (SSSR count). The Morgan fingerprint density at radius 1 is 0.938 bits per heavy atom. The second kappa shape index (κ2) is 4.77. The van der Waals surface area contributed by atoms with E-state index in [0.29, 0.717) is 11.3 Å². The number of rotatable bonds is 2. The number of hydrogen-bond acceptors (Lipinski definition) is 3. The maximum absolute atomic E-state index is 9.59. The molecular weight excluding hydrogens is 220 g/mol. The standard InChI is InChI=1S/C13H10O2S/c14-12-9-5-4-8-11(12)13(16)15-10-6-2-1-3-7-10/h1-9,14H. The van der Waals surface area contributed by atoms with Gasteiger partial charge in [-0.15, -0.1) is 0 Å². The molecule has 0 bridgehead atoms. The van der Waals surface area contributed by atoms with E-state index in [1.807, 2.05) is 30.3 Å². The van der Waals surface area contributed by atoms with E-state index in [9.17, 15) is 5.11 Å². The Kier molecular flexibility index (Phi) is 3.17. The molecule has 1 N–H and O–H groups in total. The average molecular weight is 230 g/mol. The van der Waals surface area contributed by atoms with Gasteiger partial charge in [0.2, 0.25) is 5.05 Å². The molecule has 0 spiro atoms. The molecule has 0 radical (unpaired) electrons. The quantitative estimate of drug-likeness (QED) is 0.804. The Hall–Kier alpha value is -1.87. The lowest BCUT2D eigenvalue weighted by atomic mass is 10.2. The van der Waals surface area contributed by atoms with Crippen LogP contribution in [-0.4, -0.2) is 10.2 Å². The van der Waals surface area contributed by atoms with Gasteiger partial charge in [-0.3, -0.25) is 0 Å². The minimum Gasteiger partial charge on any atom is -0.507 e. The molecule has 16 heavy (non-hydrogen) atoms. The molecule has 0 aliphatic carbocycles. The molecule has 2 aromatic rings. The van der Waals surface area contributed by atoms with Crippen LogP contribution in [0.15, 0.2) is 54.6 Å². The average Bonchev–Trinajstić information content (AvgIpc) is 2.31. The molecule has 0 saturated carbocycles. The van der Waals surface area contributed by atoms with Gasteiger partial charge in [-0.1, -0.05) is 30.3 Å². The van der Waals surface area contributed by atoms with Crippen molar-refractivity contribution in [2.24, 2.45) is 0 Å². The number of phenolic OH excluding ortho intramolecular Hbond substituents is 1. The molecule has 2 nitrogen and oxygen atoms in total. The topological polar surface area (TPSA) is 29.5 Å². The predicted molar refractivity (Wildman–Crippen MR) is 66.9 cm³/mol. The highest BCUT2D eigenvalue weighted by Gasteiger charge is 2.07. The smallest absolute Gasteiger partial charge is 0.201 e. The summed E-state index contributed by atoms with van der Waals surface area (Å²) in [6, 6.07) is 16.1. The molecule has 0 amide bonds. The Labute approximate surface area is 99.1 Å². The molecule has 0 fully saturated rings. The van der Waals surface area contributed by atoms with Gasteiger partial charge in [0.1, 0.15) is 11.5 Å². The van der Waals surface area contributed by atoms with Crippen LogP contribution in [0.2, 0.25) is 0 Å². The van der Waals surface area contributed by atoms with E-state index in [-0.39, 0.29) is 10.8 Å². The summed E-state index contributed by atoms with van der Waals surface area (Å²) in [5.41, 5.74) is 0.529. The molecule has 0 aliphatic heterocycles. The van der Waals surface area contributed by atoms with Crippen LogP contribution < -0.4 is 4.74 Å². The van der Waals surface area contributed by atoms with E-state index in [0.717, 1.165) is 0 Å². The Balaban J connectivity index is 2.19. The van der Waals surface area contributed by atoms with Crippen LogP contribution in [0.3, 0.4) is 0 Å². The Morgan fingerprint density at radius 3 is 2.25 bits per heavy atom. The lowest BCUT2D eigenvalue weighted by Gasteiger charge is -2.07.